The summed E-state index contributed by atoms with van der Waals surface area (Å²) in [6.45, 7) is 8.69. The van der Waals surface area contributed by atoms with Gasteiger partial charge in [0.2, 0.25) is 0 Å². The van der Waals surface area contributed by atoms with Gasteiger partial charge in [-0.2, -0.15) is 0 Å². The van der Waals surface area contributed by atoms with Crippen molar-refractivity contribution in [1.82, 2.24) is 0 Å². The van der Waals surface area contributed by atoms with Gasteiger partial charge in [0.05, 0.1) is 30.3 Å². The van der Waals surface area contributed by atoms with Crippen molar-refractivity contribution in [3.63, 3.8) is 0 Å². The van der Waals surface area contributed by atoms with E-state index < -0.39 is 0 Å². The Morgan fingerprint density at radius 3 is 2.83 bits per heavy atom. The highest BCUT2D eigenvalue weighted by molar-refractivity contribution is 5.72. The summed E-state index contributed by atoms with van der Waals surface area (Å²) >= 11 is 0. The third-order valence-corrected chi connectivity index (χ3v) is 6.96. The molecule has 0 bridgehead atoms. The zero-order chi connectivity index (χ0) is 16.9. The molecule has 5 nitrogen and oxygen atoms in total. The van der Waals surface area contributed by atoms with E-state index in [9.17, 15) is 4.79 Å². The molecule has 5 unspecified atom stereocenters. The fourth-order valence-corrected chi connectivity index (χ4v) is 5.26. The first kappa shape index (κ1) is 15.0. The predicted molar refractivity (Wildman–Crippen MR) is 84.4 cm³/mol. The molecule has 0 N–H and O–H groups in total. The summed E-state index contributed by atoms with van der Waals surface area (Å²) < 4.78 is 24.2. The summed E-state index contributed by atoms with van der Waals surface area (Å²) in [6, 6.07) is 0. The van der Waals surface area contributed by atoms with Crippen molar-refractivity contribution in [2.75, 3.05) is 6.61 Å². The molecular formula is C19H24O5. The minimum atomic E-state index is -0.373. The quantitative estimate of drug-likeness (QED) is 0.615. The molecule has 1 aromatic heterocycles. The Hall–Kier alpha value is -1.33. The summed E-state index contributed by atoms with van der Waals surface area (Å²) in [5, 5.41) is 0. The molecule has 5 atom stereocenters. The van der Waals surface area contributed by atoms with Crippen molar-refractivity contribution >= 4 is 5.97 Å². The number of epoxide rings is 2. The third-order valence-electron chi connectivity index (χ3n) is 6.96. The molecule has 2 spiro atoms. The summed E-state index contributed by atoms with van der Waals surface area (Å²) in [5.41, 5.74) is 1.16. The Morgan fingerprint density at radius 2 is 2.17 bits per heavy atom. The lowest BCUT2D eigenvalue weighted by Gasteiger charge is -2.50. The van der Waals surface area contributed by atoms with E-state index in [1.807, 2.05) is 20.8 Å². The van der Waals surface area contributed by atoms with Crippen LogP contribution in [0, 0.1) is 18.3 Å². The summed E-state index contributed by atoms with van der Waals surface area (Å²) in [7, 11) is 0. The van der Waals surface area contributed by atoms with Gasteiger partial charge in [-0.15, -0.1) is 0 Å². The monoisotopic (exact) mass is 332 g/mol. The van der Waals surface area contributed by atoms with E-state index >= 15 is 0 Å². The Bertz CT molecular complexity index is 730. The maximum absolute atomic E-state index is 12.5. The minimum Gasteiger partial charge on any atom is -0.469 e. The normalized spacial score (nSPS) is 44.7. The van der Waals surface area contributed by atoms with Gasteiger partial charge in [0, 0.05) is 12.0 Å². The molecule has 0 amide bonds. The van der Waals surface area contributed by atoms with Crippen LogP contribution in [0.1, 0.15) is 56.6 Å². The molecule has 5 rings (SSSR count). The first-order valence-electron chi connectivity index (χ1n) is 8.94. The molecule has 2 saturated heterocycles. The molecule has 3 fully saturated rings. The highest BCUT2D eigenvalue weighted by Crippen LogP contribution is 2.74. The van der Waals surface area contributed by atoms with Crippen LogP contribution in [0.25, 0.3) is 0 Å². The van der Waals surface area contributed by atoms with E-state index in [1.165, 1.54) is 0 Å². The summed E-state index contributed by atoms with van der Waals surface area (Å²) in [6.07, 6.45) is 4.35. The van der Waals surface area contributed by atoms with Gasteiger partial charge in [-0.1, -0.05) is 13.8 Å². The van der Waals surface area contributed by atoms with Crippen molar-refractivity contribution in [3.8, 4) is 0 Å². The molecule has 3 heterocycles. The molecule has 130 valence electrons. The van der Waals surface area contributed by atoms with Crippen LogP contribution in [0.2, 0.25) is 0 Å². The number of ether oxygens (including phenoxy) is 3. The second-order valence-corrected chi connectivity index (χ2v) is 8.42. The number of fused-ring (bicyclic) bond motifs is 2. The molecule has 4 aliphatic rings. The molecule has 1 saturated carbocycles. The highest BCUT2D eigenvalue weighted by Gasteiger charge is 2.84. The van der Waals surface area contributed by atoms with Gasteiger partial charge in [-0.05, 0) is 32.3 Å². The first-order chi connectivity index (χ1) is 11.3. The van der Waals surface area contributed by atoms with Crippen molar-refractivity contribution < 1.29 is 23.4 Å². The van der Waals surface area contributed by atoms with Gasteiger partial charge in [0.25, 0.3) is 0 Å². The van der Waals surface area contributed by atoms with E-state index in [-0.39, 0.29) is 40.7 Å². The van der Waals surface area contributed by atoms with Crippen LogP contribution in [0.3, 0.4) is 0 Å². The lowest BCUT2D eigenvalue weighted by molar-refractivity contribution is -0.175. The lowest BCUT2D eigenvalue weighted by Crippen LogP contribution is -2.59. The topological polar surface area (TPSA) is 64.5 Å². The largest absolute Gasteiger partial charge is 0.469 e. The van der Waals surface area contributed by atoms with Crippen LogP contribution in [0.15, 0.2) is 10.7 Å². The zero-order valence-corrected chi connectivity index (χ0v) is 14.7. The number of aryl methyl sites for hydroxylation is 1. The molecule has 2 aliphatic carbocycles. The summed E-state index contributed by atoms with van der Waals surface area (Å²) in [4.78, 5) is 12.5. The number of rotatable bonds is 2. The molecule has 0 radical (unpaired) electrons. The number of esters is 1. The molecule has 5 heteroatoms. The Labute approximate surface area is 141 Å². The maximum atomic E-state index is 12.5. The van der Waals surface area contributed by atoms with Crippen LogP contribution >= 0.6 is 0 Å². The molecule has 1 aromatic rings. The second-order valence-electron chi connectivity index (χ2n) is 8.42. The Balaban J connectivity index is 1.68. The van der Waals surface area contributed by atoms with Crippen molar-refractivity contribution in [2.45, 2.75) is 70.4 Å². The highest BCUT2D eigenvalue weighted by atomic mass is 16.6. The van der Waals surface area contributed by atoms with Gasteiger partial charge in [0.15, 0.2) is 0 Å². The molecule has 0 aromatic carbocycles. The number of carbonyl (C=O) groups excluding carboxylic acids is 1. The smallest absolute Gasteiger partial charge is 0.309 e. The van der Waals surface area contributed by atoms with E-state index in [4.69, 9.17) is 18.6 Å². The fraction of sp³-hybridized carbons (Fsp3) is 0.737. The van der Waals surface area contributed by atoms with Gasteiger partial charge >= 0.3 is 5.97 Å². The van der Waals surface area contributed by atoms with E-state index in [1.54, 1.807) is 6.26 Å². The first-order valence-corrected chi connectivity index (χ1v) is 8.94. The Morgan fingerprint density at radius 1 is 1.42 bits per heavy atom. The average Bonchev–Trinajstić information content (AvgIpc) is 3.42. The average molecular weight is 332 g/mol. The number of hydrogen-bond acceptors (Lipinski definition) is 5. The van der Waals surface area contributed by atoms with E-state index in [0.29, 0.717) is 0 Å². The van der Waals surface area contributed by atoms with Gasteiger partial charge in [0.1, 0.15) is 23.1 Å². The third kappa shape index (κ3) is 1.51. The summed E-state index contributed by atoms with van der Waals surface area (Å²) in [5.74, 6) is 0.563. The molecule has 2 aliphatic heterocycles. The number of hydrogen-bond donors (Lipinski definition) is 0. The van der Waals surface area contributed by atoms with Gasteiger partial charge < -0.3 is 18.6 Å². The van der Waals surface area contributed by atoms with Crippen LogP contribution < -0.4 is 0 Å². The fourth-order valence-electron chi connectivity index (χ4n) is 5.26. The van der Waals surface area contributed by atoms with Gasteiger partial charge in [-0.3, -0.25) is 4.79 Å². The van der Waals surface area contributed by atoms with Crippen molar-refractivity contribution in [3.05, 3.63) is 23.2 Å². The van der Waals surface area contributed by atoms with E-state index in [2.05, 4.69) is 6.92 Å². The SMILES string of the molecule is Cc1coc2c1C(OC(=O)C(C)C)C1(C)C3(CCC4OC41C2)CO3. The van der Waals surface area contributed by atoms with Crippen LogP contribution in [0.5, 0.6) is 0 Å². The van der Waals surface area contributed by atoms with Crippen molar-refractivity contribution in [2.24, 2.45) is 11.3 Å². The molecular weight excluding hydrogens is 308 g/mol. The van der Waals surface area contributed by atoms with Crippen molar-refractivity contribution in [1.29, 1.82) is 0 Å². The van der Waals surface area contributed by atoms with Crippen LogP contribution in [-0.4, -0.2) is 29.9 Å². The zero-order valence-electron chi connectivity index (χ0n) is 14.7. The Kier molecular flexibility index (Phi) is 2.65. The molecule has 24 heavy (non-hydrogen) atoms. The lowest BCUT2D eigenvalue weighted by atomic mass is 9.53. The van der Waals surface area contributed by atoms with Crippen LogP contribution in [0.4, 0.5) is 0 Å². The number of carbonyl (C=O) groups is 1. The maximum Gasteiger partial charge on any atom is 0.309 e. The second kappa shape index (κ2) is 4.25. The standard InChI is InChI=1S/C19H24O5/c1-10(2)16(20)23-15-14-11(3)8-21-12(14)7-19-13(24-19)5-6-18(9-22-18)17(15,19)4/h8,10,13,15H,5-7,9H2,1-4H3. The van der Waals surface area contributed by atoms with Gasteiger partial charge in [-0.25, -0.2) is 0 Å². The number of furan rings is 1. The predicted octanol–water partition coefficient (Wildman–Crippen LogP) is 3.09. The minimum absolute atomic E-state index is 0.169. The van der Waals surface area contributed by atoms with Crippen LogP contribution in [-0.2, 0) is 25.4 Å². The van der Waals surface area contributed by atoms with E-state index in [0.717, 1.165) is 42.8 Å².